The summed E-state index contributed by atoms with van der Waals surface area (Å²) < 4.78 is 26.1. The van der Waals surface area contributed by atoms with Crippen LogP contribution in [0.5, 0.6) is 0 Å². The molecule has 0 saturated carbocycles. The lowest BCUT2D eigenvalue weighted by molar-refractivity contribution is 0.0855. The molecule has 1 amide bonds. The molecule has 114 valence electrons. The van der Waals surface area contributed by atoms with Gasteiger partial charge in [0.2, 0.25) is 0 Å². The van der Waals surface area contributed by atoms with Gasteiger partial charge in [0.1, 0.15) is 10.9 Å². The van der Waals surface area contributed by atoms with Crippen LogP contribution < -0.4 is 5.32 Å². The summed E-state index contributed by atoms with van der Waals surface area (Å²) in [5.41, 5.74) is 0.399. The maximum atomic E-state index is 13.2. The summed E-state index contributed by atoms with van der Waals surface area (Å²) in [4.78, 5) is 12.3. The maximum Gasteiger partial charge on any atom is 0.263 e. The van der Waals surface area contributed by atoms with E-state index in [0.717, 1.165) is 23.5 Å². The normalized spacial score (nSPS) is 13.2. The molecule has 0 bridgehead atoms. The Hall–Kier alpha value is -2.30. The van der Waals surface area contributed by atoms with Crippen LogP contribution in [0.4, 0.5) is 8.78 Å². The van der Waals surface area contributed by atoms with Crippen LogP contribution in [0, 0.1) is 23.0 Å². The van der Waals surface area contributed by atoms with Crippen molar-refractivity contribution in [3.8, 4) is 6.07 Å². The van der Waals surface area contributed by atoms with E-state index in [-0.39, 0.29) is 16.0 Å². The molecule has 2 aromatic rings. The predicted octanol–water partition coefficient (Wildman–Crippen LogP) is 2.75. The zero-order valence-electron chi connectivity index (χ0n) is 11.5. The van der Waals surface area contributed by atoms with Gasteiger partial charge >= 0.3 is 0 Å². The maximum absolute atomic E-state index is 13.2. The lowest BCUT2D eigenvalue weighted by Gasteiger charge is -2.20. The number of hydrogen-bond donors (Lipinski definition) is 2. The molecule has 1 aromatic heterocycles. The van der Waals surface area contributed by atoms with Crippen LogP contribution >= 0.6 is 11.3 Å². The van der Waals surface area contributed by atoms with Crippen LogP contribution in [-0.4, -0.2) is 17.1 Å². The Labute approximate surface area is 129 Å². The van der Waals surface area contributed by atoms with Crippen molar-refractivity contribution in [1.82, 2.24) is 5.32 Å². The summed E-state index contributed by atoms with van der Waals surface area (Å²) in [5, 5.41) is 23.2. The predicted molar refractivity (Wildman–Crippen MR) is 77.3 cm³/mol. The van der Waals surface area contributed by atoms with E-state index in [2.05, 4.69) is 5.32 Å². The number of rotatable bonds is 4. The molecule has 2 unspecified atom stereocenters. The fraction of sp³-hybridized carbons (Fsp3) is 0.200. The van der Waals surface area contributed by atoms with E-state index in [4.69, 9.17) is 5.26 Å². The lowest BCUT2D eigenvalue weighted by atomic mass is 10.0. The van der Waals surface area contributed by atoms with E-state index < -0.39 is 29.7 Å². The molecule has 0 radical (unpaired) electrons. The van der Waals surface area contributed by atoms with Gasteiger partial charge in [-0.05, 0) is 36.1 Å². The third-order valence-corrected chi connectivity index (χ3v) is 4.02. The molecule has 2 atom stereocenters. The number of thiophene rings is 1. The van der Waals surface area contributed by atoms with Crippen LogP contribution in [-0.2, 0) is 0 Å². The third kappa shape index (κ3) is 3.30. The molecule has 1 aromatic carbocycles. The van der Waals surface area contributed by atoms with Gasteiger partial charge in [-0.25, -0.2) is 8.78 Å². The highest BCUT2D eigenvalue weighted by Gasteiger charge is 2.22. The van der Waals surface area contributed by atoms with Crippen molar-refractivity contribution in [3.05, 3.63) is 57.3 Å². The van der Waals surface area contributed by atoms with Gasteiger partial charge in [0.25, 0.3) is 5.91 Å². The van der Waals surface area contributed by atoms with Crippen molar-refractivity contribution in [2.24, 2.45) is 0 Å². The van der Waals surface area contributed by atoms with E-state index in [1.54, 1.807) is 5.38 Å². The zero-order chi connectivity index (χ0) is 16.3. The second-order valence-electron chi connectivity index (χ2n) is 4.66. The number of aliphatic hydroxyl groups excluding tert-OH is 1. The Bertz CT molecular complexity index is 739. The van der Waals surface area contributed by atoms with Crippen LogP contribution in [0.25, 0.3) is 0 Å². The van der Waals surface area contributed by atoms with Crippen molar-refractivity contribution >= 4 is 17.2 Å². The second-order valence-corrected chi connectivity index (χ2v) is 5.57. The number of nitrogens with one attached hydrogen (secondary N) is 1. The molecule has 22 heavy (non-hydrogen) atoms. The molecule has 0 aliphatic heterocycles. The highest BCUT2D eigenvalue weighted by Crippen LogP contribution is 2.21. The zero-order valence-corrected chi connectivity index (χ0v) is 12.3. The number of aliphatic hydroxyl groups is 1. The summed E-state index contributed by atoms with van der Waals surface area (Å²) in [7, 11) is 0. The number of nitrogens with zero attached hydrogens (tertiary/aromatic N) is 1. The first-order valence-corrected chi connectivity index (χ1v) is 7.23. The van der Waals surface area contributed by atoms with Gasteiger partial charge in [-0.3, -0.25) is 4.79 Å². The molecule has 7 heteroatoms. The molecular formula is C15H12F2N2O2S. The third-order valence-electron chi connectivity index (χ3n) is 3.11. The molecule has 0 aliphatic rings. The van der Waals surface area contributed by atoms with Gasteiger partial charge in [0.05, 0.1) is 17.7 Å². The Kier molecular flexibility index (Phi) is 4.85. The first-order chi connectivity index (χ1) is 10.4. The van der Waals surface area contributed by atoms with Gasteiger partial charge in [-0.2, -0.15) is 5.26 Å². The van der Waals surface area contributed by atoms with E-state index in [9.17, 15) is 18.7 Å². The van der Waals surface area contributed by atoms with Crippen molar-refractivity contribution in [2.45, 2.75) is 19.1 Å². The first kappa shape index (κ1) is 16.1. The Morgan fingerprint density at radius 2 is 2.09 bits per heavy atom. The number of halogens is 2. The summed E-state index contributed by atoms with van der Waals surface area (Å²) >= 11 is 1.11. The van der Waals surface area contributed by atoms with Gasteiger partial charge in [0.15, 0.2) is 11.6 Å². The van der Waals surface area contributed by atoms with Gasteiger partial charge in [-0.15, -0.1) is 11.3 Å². The number of nitriles is 1. The van der Waals surface area contributed by atoms with Crippen molar-refractivity contribution in [3.63, 3.8) is 0 Å². The van der Waals surface area contributed by atoms with E-state index >= 15 is 0 Å². The van der Waals surface area contributed by atoms with Crippen LogP contribution in [0.2, 0.25) is 0 Å². The molecule has 0 aliphatic carbocycles. The van der Waals surface area contributed by atoms with Gasteiger partial charge in [0, 0.05) is 0 Å². The second kappa shape index (κ2) is 6.64. The first-order valence-electron chi connectivity index (χ1n) is 6.35. The molecular weight excluding hydrogens is 310 g/mol. The monoisotopic (exact) mass is 322 g/mol. The number of hydrogen-bond acceptors (Lipinski definition) is 4. The van der Waals surface area contributed by atoms with Crippen LogP contribution in [0.1, 0.15) is 33.8 Å². The smallest absolute Gasteiger partial charge is 0.263 e. The number of amides is 1. The summed E-state index contributed by atoms with van der Waals surface area (Å²) in [6.45, 7) is 1.53. The Balaban J connectivity index is 2.11. The number of carbonyl (C=O) groups is 1. The van der Waals surface area contributed by atoms with Crippen LogP contribution in [0.15, 0.2) is 29.6 Å². The summed E-state index contributed by atoms with van der Waals surface area (Å²) in [6.07, 6.45) is -1.20. The van der Waals surface area contributed by atoms with Crippen LogP contribution in [0.3, 0.4) is 0 Å². The molecule has 2 N–H and O–H groups in total. The minimum Gasteiger partial charge on any atom is -0.386 e. The van der Waals surface area contributed by atoms with Gasteiger partial charge in [-0.1, -0.05) is 6.07 Å². The highest BCUT2D eigenvalue weighted by molar-refractivity contribution is 7.12. The number of benzene rings is 1. The minimum atomic E-state index is -1.20. The van der Waals surface area contributed by atoms with Gasteiger partial charge < -0.3 is 10.4 Å². The molecule has 0 fully saturated rings. The van der Waals surface area contributed by atoms with E-state index in [0.29, 0.717) is 0 Å². The van der Waals surface area contributed by atoms with Crippen molar-refractivity contribution in [1.29, 1.82) is 5.26 Å². The van der Waals surface area contributed by atoms with E-state index in [1.807, 2.05) is 6.07 Å². The van der Waals surface area contributed by atoms with E-state index in [1.165, 1.54) is 19.1 Å². The number of carbonyl (C=O) groups excluding carboxylic acids is 1. The Morgan fingerprint density at radius 1 is 1.36 bits per heavy atom. The highest BCUT2D eigenvalue weighted by atomic mass is 32.1. The minimum absolute atomic E-state index is 0.151. The van der Waals surface area contributed by atoms with Crippen molar-refractivity contribution in [2.75, 3.05) is 0 Å². The SMILES string of the molecule is CC(NC(=O)c1sccc1C#N)C(O)c1ccc(F)c(F)c1. The molecule has 1 heterocycles. The molecule has 0 saturated heterocycles. The summed E-state index contributed by atoms with van der Waals surface area (Å²) in [5.74, 6) is -2.58. The quantitative estimate of drug-likeness (QED) is 0.909. The van der Waals surface area contributed by atoms with Crippen molar-refractivity contribution < 1.29 is 18.7 Å². The topological polar surface area (TPSA) is 73.1 Å². The fourth-order valence-electron chi connectivity index (χ4n) is 1.91. The Morgan fingerprint density at radius 3 is 2.73 bits per heavy atom. The lowest BCUT2D eigenvalue weighted by Crippen LogP contribution is -2.37. The molecule has 0 spiro atoms. The largest absolute Gasteiger partial charge is 0.386 e. The average Bonchev–Trinajstić information content (AvgIpc) is 2.97. The fourth-order valence-corrected chi connectivity index (χ4v) is 2.66. The average molecular weight is 322 g/mol. The summed E-state index contributed by atoms with van der Waals surface area (Å²) in [6, 6.07) is 5.72. The molecule has 2 rings (SSSR count). The molecule has 4 nitrogen and oxygen atoms in total. The standard InChI is InChI=1S/C15H12F2N2O2S/c1-8(13(20)9-2-3-11(16)12(17)6-9)19-15(21)14-10(7-18)4-5-22-14/h2-6,8,13,20H,1H3,(H,19,21).